The smallest absolute Gasteiger partial charge is 0.386 e. The second-order valence-electron chi connectivity index (χ2n) is 10.5. The highest BCUT2D eigenvalue weighted by atomic mass is 35.5. The molecule has 1 spiro atoms. The quantitative estimate of drug-likeness (QED) is 0.394. The lowest BCUT2D eigenvalue weighted by Gasteiger charge is -2.51. The Hall–Kier alpha value is -2.18. The van der Waals surface area contributed by atoms with Gasteiger partial charge < -0.3 is 10.1 Å². The van der Waals surface area contributed by atoms with Gasteiger partial charge in [-0.05, 0) is 75.3 Å². The van der Waals surface area contributed by atoms with E-state index in [1.165, 1.54) is 36.1 Å². The predicted molar refractivity (Wildman–Crippen MR) is 139 cm³/mol. The van der Waals surface area contributed by atoms with Gasteiger partial charge in [0.05, 0.1) is 0 Å². The lowest BCUT2D eigenvalue weighted by molar-refractivity contribution is -0.110. The van der Waals surface area contributed by atoms with Crippen LogP contribution in [-0.2, 0) is 6.42 Å². The average Bonchev–Trinajstić information content (AvgIpc) is 3.54. The van der Waals surface area contributed by atoms with Gasteiger partial charge in [0.1, 0.15) is 11.9 Å². The molecule has 3 aliphatic rings. The molecular weight excluding hydrogens is 485 g/mol. The summed E-state index contributed by atoms with van der Waals surface area (Å²) < 4.78 is 37.3. The molecule has 2 aliphatic carbocycles. The Bertz CT molecular complexity index is 1010. The number of likely N-dealkylation sites (tertiary alicyclic amines) is 1. The molecule has 3 fully saturated rings. The Kier molecular flexibility index (Phi) is 8.25. The minimum absolute atomic E-state index is 0.188. The number of hydrogen-bond donors (Lipinski definition) is 1. The highest BCUT2D eigenvalue weighted by Crippen LogP contribution is 2.63. The van der Waals surface area contributed by atoms with Crippen LogP contribution >= 0.6 is 11.6 Å². The summed E-state index contributed by atoms with van der Waals surface area (Å²) in [5, 5.41) is 4.55. The van der Waals surface area contributed by atoms with Crippen LogP contribution < -0.4 is 10.1 Å². The van der Waals surface area contributed by atoms with E-state index in [1.54, 1.807) is 0 Å². The Morgan fingerprint density at radius 1 is 1.14 bits per heavy atom. The number of allylic oxidation sites excluding steroid dienone is 1. The van der Waals surface area contributed by atoms with Gasteiger partial charge in [-0.15, -0.1) is 0 Å². The van der Waals surface area contributed by atoms with Gasteiger partial charge in [-0.2, -0.15) is 13.2 Å². The molecule has 196 valence electrons. The molecule has 1 heterocycles. The van der Waals surface area contributed by atoms with E-state index in [4.69, 9.17) is 16.3 Å². The van der Waals surface area contributed by atoms with Crippen molar-refractivity contribution in [1.29, 1.82) is 0 Å². The Balaban J connectivity index is 0.000000556. The van der Waals surface area contributed by atoms with E-state index in [9.17, 15) is 13.2 Å². The minimum atomic E-state index is -4.00. The largest absolute Gasteiger partial charge is 0.489 e. The van der Waals surface area contributed by atoms with E-state index >= 15 is 0 Å². The van der Waals surface area contributed by atoms with Crippen LogP contribution in [0.2, 0.25) is 5.02 Å². The first-order valence-electron chi connectivity index (χ1n) is 12.7. The summed E-state index contributed by atoms with van der Waals surface area (Å²) in [5.41, 5.74) is 4.38. The third-order valence-electron chi connectivity index (χ3n) is 7.59. The van der Waals surface area contributed by atoms with Crippen LogP contribution in [0, 0.1) is 12.3 Å². The average molecular weight is 521 g/mol. The predicted octanol–water partition coefficient (Wildman–Crippen LogP) is 7.33. The molecule has 3 atom stereocenters. The Morgan fingerprint density at radius 2 is 1.78 bits per heavy atom. The van der Waals surface area contributed by atoms with E-state index < -0.39 is 6.18 Å². The number of benzene rings is 2. The molecule has 1 N–H and O–H groups in total. The van der Waals surface area contributed by atoms with Gasteiger partial charge in [-0.1, -0.05) is 48.0 Å². The number of nitrogens with one attached hydrogen (secondary N) is 1. The van der Waals surface area contributed by atoms with Crippen molar-refractivity contribution in [3.05, 3.63) is 77.0 Å². The molecule has 3 nitrogen and oxygen atoms in total. The molecule has 2 saturated carbocycles. The van der Waals surface area contributed by atoms with Gasteiger partial charge in [-0.3, -0.25) is 4.90 Å². The fourth-order valence-electron chi connectivity index (χ4n) is 5.51. The van der Waals surface area contributed by atoms with Gasteiger partial charge in [-0.25, -0.2) is 0 Å². The van der Waals surface area contributed by atoms with E-state index in [0.717, 1.165) is 43.1 Å². The molecule has 5 rings (SSSR count). The molecule has 36 heavy (non-hydrogen) atoms. The van der Waals surface area contributed by atoms with E-state index in [2.05, 4.69) is 48.0 Å². The molecule has 2 aromatic carbocycles. The van der Waals surface area contributed by atoms with Crippen molar-refractivity contribution in [2.45, 2.75) is 76.7 Å². The summed E-state index contributed by atoms with van der Waals surface area (Å²) in [7, 11) is 0. The first-order valence-corrected chi connectivity index (χ1v) is 13.1. The third-order valence-corrected chi connectivity index (χ3v) is 7.84. The zero-order chi connectivity index (χ0) is 25.9. The monoisotopic (exact) mass is 520 g/mol. The molecule has 0 aromatic heterocycles. The van der Waals surface area contributed by atoms with Gasteiger partial charge in [0.15, 0.2) is 0 Å². The standard InChI is InChI=1S/C27H33ClN2O.C2H3F3/c1-19-3-6-21(7-4-19)8-5-20(2)29-25-17-26(27(25)14-15-27)30-16-13-24(18-30)31-23-11-9-22(28)10-12-23;1-2(3,4)5/h3-4,6-7,9-12,24-26,29H,2,5,8,13-18H2,1H3;1H3/t24?,25?,26-;/m1./s1. The highest BCUT2D eigenvalue weighted by molar-refractivity contribution is 6.30. The maximum atomic E-state index is 10.4. The van der Waals surface area contributed by atoms with Gasteiger partial charge in [0, 0.05) is 48.2 Å². The summed E-state index contributed by atoms with van der Waals surface area (Å²) in [6.07, 6.45) is 3.40. The van der Waals surface area contributed by atoms with Crippen molar-refractivity contribution in [2.24, 2.45) is 5.41 Å². The summed E-state index contributed by atoms with van der Waals surface area (Å²) >= 11 is 5.99. The number of rotatable bonds is 8. The topological polar surface area (TPSA) is 24.5 Å². The number of nitrogens with zero attached hydrogens (tertiary/aromatic N) is 1. The first kappa shape index (κ1) is 26.9. The number of ether oxygens (including phenoxy) is 1. The Morgan fingerprint density at radius 3 is 2.39 bits per heavy atom. The van der Waals surface area contributed by atoms with E-state index in [0.29, 0.717) is 17.5 Å². The lowest BCUT2D eigenvalue weighted by atomic mass is 9.70. The van der Waals surface area contributed by atoms with E-state index in [1.807, 2.05) is 24.3 Å². The molecule has 7 heteroatoms. The molecule has 0 radical (unpaired) electrons. The van der Waals surface area contributed by atoms with Gasteiger partial charge in [0.2, 0.25) is 0 Å². The molecule has 2 aromatic rings. The molecule has 1 aliphatic heterocycles. The second kappa shape index (κ2) is 11.1. The van der Waals surface area contributed by atoms with Crippen molar-refractivity contribution in [3.8, 4) is 5.75 Å². The summed E-state index contributed by atoms with van der Waals surface area (Å²) in [4.78, 5) is 2.68. The first-order chi connectivity index (χ1) is 17.0. The molecule has 1 saturated heterocycles. The molecular formula is C29H36ClF3N2O. The molecule has 0 amide bonds. The van der Waals surface area contributed by atoms with Gasteiger partial charge >= 0.3 is 6.18 Å². The summed E-state index contributed by atoms with van der Waals surface area (Å²) in [5.74, 6) is 0.926. The maximum absolute atomic E-state index is 10.4. The van der Waals surface area contributed by atoms with Crippen LogP contribution in [0.15, 0.2) is 60.8 Å². The van der Waals surface area contributed by atoms with Crippen LogP contribution in [-0.4, -0.2) is 42.4 Å². The third kappa shape index (κ3) is 7.19. The van der Waals surface area contributed by atoms with Crippen molar-refractivity contribution in [2.75, 3.05) is 13.1 Å². The fourth-order valence-corrected chi connectivity index (χ4v) is 5.64. The number of alkyl halides is 3. The van der Waals surface area contributed by atoms with Crippen molar-refractivity contribution in [3.63, 3.8) is 0 Å². The Labute approximate surface area is 217 Å². The van der Waals surface area contributed by atoms with Crippen molar-refractivity contribution in [1.82, 2.24) is 10.2 Å². The molecule has 2 unspecified atom stereocenters. The second-order valence-corrected chi connectivity index (χ2v) is 11.0. The summed E-state index contributed by atoms with van der Waals surface area (Å²) in [6, 6.07) is 17.9. The van der Waals surface area contributed by atoms with Crippen LogP contribution in [0.25, 0.3) is 0 Å². The van der Waals surface area contributed by atoms with Crippen molar-refractivity contribution < 1.29 is 17.9 Å². The van der Waals surface area contributed by atoms with Crippen LogP contribution in [0.1, 0.15) is 50.2 Å². The van der Waals surface area contributed by atoms with Crippen LogP contribution in [0.5, 0.6) is 5.75 Å². The SMILES string of the molecule is C=C(CCc1ccc(C)cc1)NC1C[C@@H](N2CCC(Oc3ccc(Cl)cc3)C2)C12CC2.CC(F)(F)F. The summed E-state index contributed by atoms with van der Waals surface area (Å²) in [6.45, 7) is 8.84. The van der Waals surface area contributed by atoms with Crippen molar-refractivity contribution >= 4 is 11.6 Å². The van der Waals surface area contributed by atoms with Crippen LogP contribution in [0.3, 0.4) is 0 Å². The van der Waals surface area contributed by atoms with Gasteiger partial charge in [0.25, 0.3) is 0 Å². The van der Waals surface area contributed by atoms with Crippen LogP contribution in [0.4, 0.5) is 13.2 Å². The fraction of sp³-hybridized carbons (Fsp3) is 0.517. The number of halogens is 4. The minimum Gasteiger partial charge on any atom is -0.489 e. The lowest BCUT2D eigenvalue weighted by Crippen LogP contribution is -2.61. The number of aryl methyl sites for hydroxylation is 2. The number of hydrogen-bond acceptors (Lipinski definition) is 3. The molecule has 0 bridgehead atoms. The van der Waals surface area contributed by atoms with E-state index in [-0.39, 0.29) is 13.0 Å². The normalized spacial score (nSPS) is 24.4. The maximum Gasteiger partial charge on any atom is 0.386 e. The highest BCUT2D eigenvalue weighted by Gasteiger charge is 2.64. The zero-order valence-corrected chi connectivity index (χ0v) is 21.8. The zero-order valence-electron chi connectivity index (χ0n) is 21.1.